The van der Waals surface area contributed by atoms with E-state index in [0.29, 0.717) is 37.7 Å². The number of benzene rings is 2. The Morgan fingerprint density at radius 2 is 1.56 bits per heavy atom. The summed E-state index contributed by atoms with van der Waals surface area (Å²) in [7, 11) is 1.31. The number of methoxy groups -OCH3 is 1. The maximum atomic E-state index is 13.2. The molecule has 0 bridgehead atoms. The number of hydrogen-bond acceptors (Lipinski definition) is 6. The Hall–Kier alpha value is -3.65. The van der Waals surface area contributed by atoms with Crippen LogP contribution in [0.1, 0.15) is 16.8 Å². The summed E-state index contributed by atoms with van der Waals surface area (Å²) < 4.78 is 31.0. The van der Waals surface area contributed by atoms with Crippen molar-refractivity contribution in [2.45, 2.75) is 13.1 Å². The number of nitrogens with one attached hydrogen (secondary N) is 1. The normalized spacial score (nSPS) is 11.1. The molecule has 0 saturated heterocycles. The minimum Gasteiger partial charge on any atom is -0.466 e. The van der Waals surface area contributed by atoms with Gasteiger partial charge in [0, 0.05) is 32.3 Å². The second-order valence-electron chi connectivity index (χ2n) is 7.07. The highest BCUT2D eigenvalue weighted by molar-refractivity contribution is 5.86. The lowest BCUT2D eigenvalue weighted by molar-refractivity contribution is -0.134. The van der Waals surface area contributed by atoms with Crippen LogP contribution in [0.2, 0.25) is 0 Å². The van der Waals surface area contributed by atoms with E-state index in [9.17, 15) is 13.6 Å². The highest BCUT2D eigenvalue weighted by Crippen LogP contribution is 2.12. The van der Waals surface area contributed by atoms with Crippen molar-refractivity contribution in [3.8, 4) is 0 Å². The lowest BCUT2D eigenvalue weighted by Gasteiger charge is -2.23. The molecular weight excluding hydrogens is 414 g/mol. The minimum atomic E-state index is -0.462. The van der Waals surface area contributed by atoms with Crippen LogP contribution in [0.3, 0.4) is 0 Å². The van der Waals surface area contributed by atoms with Gasteiger partial charge in [-0.1, -0.05) is 24.3 Å². The molecule has 2 aromatic carbocycles. The van der Waals surface area contributed by atoms with E-state index in [4.69, 9.17) is 0 Å². The number of hydrogen-bond donors (Lipinski definition) is 1. The minimum absolute atomic E-state index is 0.274. The van der Waals surface area contributed by atoms with Crippen molar-refractivity contribution in [1.82, 2.24) is 14.9 Å². The Morgan fingerprint density at radius 3 is 2.06 bits per heavy atom. The molecule has 0 atom stereocenters. The summed E-state index contributed by atoms with van der Waals surface area (Å²) in [5.41, 5.74) is 2.50. The first-order valence-electron chi connectivity index (χ1n) is 10.0. The number of carbonyl (C=O) groups excluding carboxylic acids is 1. The summed E-state index contributed by atoms with van der Waals surface area (Å²) in [5.74, 6) is -0.409. The van der Waals surface area contributed by atoms with Crippen molar-refractivity contribution >= 4 is 17.9 Å². The number of ether oxygens (including phenoxy) is 1. The molecule has 0 aliphatic carbocycles. The Labute approximate surface area is 185 Å². The molecule has 0 radical (unpaired) electrons. The molecule has 0 spiro atoms. The van der Waals surface area contributed by atoms with Crippen molar-refractivity contribution in [2.24, 2.45) is 0 Å². The zero-order valence-corrected chi connectivity index (χ0v) is 17.7. The van der Waals surface area contributed by atoms with Crippen LogP contribution in [0.5, 0.6) is 0 Å². The van der Waals surface area contributed by atoms with Gasteiger partial charge < -0.3 is 10.1 Å². The molecule has 0 saturated carbocycles. The average Bonchev–Trinajstić information content (AvgIpc) is 2.81. The SMILES string of the molecule is COC(=O)C=Cc1cnc(NCCN(Cc2ccc(F)cc2)Cc2ccc(F)cc2)cn1. The van der Waals surface area contributed by atoms with E-state index in [2.05, 4.69) is 24.9 Å². The third-order valence-corrected chi connectivity index (χ3v) is 4.64. The molecule has 1 heterocycles. The van der Waals surface area contributed by atoms with Gasteiger partial charge >= 0.3 is 5.97 Å². The topological polar surface area (TPSA) is 67.3 Å². The fourth-order valence-electron chi connectivity index (χ4n) is 2.99. The first-order valence-corrected chi connectivity index (χ1v) is 10.0. The van der Waals surface area contributed by atoms with E-state index in [1.807, 2.05) is 0 Å². The molecule has 6 nitrogen and oxygen atoms in total. The van der Waals surface area contributed by atoms with Crippen LogP contribution in [0.25, 0.3) is 6.08 Å². The first kappa shape index (κ1) is 23.0. The lowest BCUT2D eigenvalue weighted by atomic mass is 10.1. The molecule has 0 fully saturated rings. The number of halogens is 2. The molecule has 1 N–H and O–H groups in total. The molecule has 0 unspecified atom stereocenters. The maximum Gasteiger partial charge on any atom is 0.330 e. The maximum absolute atomic E-state index is 13.2. The second-order valence-corrected chi connectivity index (χ2v) is 7.07. The van der Waals surface area contributed by atoms with Crippen LogP contribution in [0.15, 0.2) is 67.0 Å². The van der Waals surface area contributed by atoms with E-state index < -0.39 is 5.97 Å². The molecule has 0 aliphatic heterocycles. The van der Waals surface area contributed by atoms with Crippen LogP contribution in [-0.4, -0.2) is 41.0 Å². The second kappa shape index (κ2) is 11.7. The number of esters is 1. The number of aromatic nitrogens is 2. The molecular formula is C24H24F2N4O2. The lowest BCUT2D eigenvalue weighted by Crippen LogP contribution is -2.28. The summed E-state index contributed by atoms with van der Waals surface area (Å²) in [5, 5.41) is 3.22. The standard InChI is InChI=1S/C24H24F2N4O2/c1-32-24(31)11-10-22-14-29-23(15-28-22)27-12-13-30(16-18-2-6-20(25)7-3-18)17-19-4-8-21(26)9-5-19/h2-11,14-15H,12-13,16-17H2,1H3,(H,27,29). The Morgan fingerprint density at radius 1 is 0.969 bits per heavy atom. The van der Waals surface area contributed by atoms with Crippen LogP contribution in [0.4, 0.5) is 14.6 Å². The Balaban J connectivity index is 1.58. The largest absolute Gasteiger partial charge is 0.466 e. The fourth-order valence-corrected chi connectivity index (χ4v) is 2.99. The van der Waals surface area contributed by atoms with Gasteiger partial charge in [0.15, 0.2) is 0 Å². The summed E-state index contributed by atoms with van der Waals surface area (Å²) in [6, 6.07) is 12.8. The van der Waals surface area contributed by atoms with Crippen molar-refractivity contribution in [1.29, 1.82) is 0 Å². The van der Waals surface area contributed by atoms with Gasteiger partial charge in [-0.05, 0) is 41.5 Å². The number of carbonyl (C=O) groups is 1. The summed E-state index contributed by atoms with van der Waals surface area (Å²) in [6.45, 7) is 2.49. The molecule has 1 aromatic heterocycles. The van der Waals surface area contributed by atoms with Gasteiger partial charge in [-0.15, -0.1) is 0 Å². The van der Waals surface area contributed by atoms with E-state index in [1.54, 1.807) is 36.7 Å². The number of anilines is 1. The van der Waals surface area contributed by atoms with Gasteiger partial charge in [-0.3, -0.25) is 9.88 Å². The molecule has 3 aromatic rings. The average molecular weight is 438 g/mol. The summed E-state index contributed by atoms with van der Waals surface area (Å²) in [4.78, 5) is 21.8. The van der Waals surface area contributed by atoms with Crippen molar-refractivity contribution in [2.75, 3.05) is 25.5 Å². The van der Waals surface area contributed by atoms with E-state index >= 15 is 0 Å². The van der Waals surface area contributed by atoms with Crippen LogP contribution in [-0.2, 0) is 22.6 Å². The van der Waals surface area contributed by atoms with Crippen molar-refractivity contribution in [3.63, 3.8) is 0 Å². The third-order valence-electron chi connectivity index (χ3n) is 4.64. The van der Waals surface area contributed by atoms with Gasteiger partial charge in [0.05, 0.1) is 25.2 Å². The highest BCUT2D eigenvalue weighted by Gasteiger charge is 2.08. The Kier molecular flexibility index (Phi) is 8.39. The summed E-state index contributed by atoms with van der Waals surface area (Å²) in [6.07, 6.45) is 5.94. The molecule has 0 amide bonds. The molecule has 3 rings (SSSR count). The molecule has 166 valence electrons. The van der Waals surface area contributed by atoms with Crippen molar-refractivity contribution in [3.05, 3.63) is 95.5 Å². The predicted molar refractivity (Wildman–Crippen MR) is 118 cm³/mol. The quantitative estimate of drug-likeness (QED) is 0.381. The Bertz CT molecular complexity index is 976. The zero-order valence-electron chi connectivity index (χ0n) is 17.7. The van der Waals surface area contributed by atoms with E-state index in [1.165, 1.54) is 43.5 Å². The highest BCUT2D eigenvalue weighted by atomic mass is 19.1. The smallest absolute Gasteiger partial charge is 0.330 e. The first-order chi connectivity index (χ1) is 15.5. The van der Waals surface area contributed by atoms with Gasteiger partial charge in [-0.25, -0.2) is 18.6 Å². The molecule has 0 aliphatic rings. The van der Waals surface area contributed by atoms with Gasteiger partial charge in [-0.2, -0.15) is 0 Å². The molecule has 8 heteroatoms. The predicted octanol–water partition coefficient (Wildman–Crippen LogP) is 4.06. The molecule has 32 heavy (non-hydrogen) atoms. The number of nitrogens with zero attached hydrogens (tertiary/aromatic N) is 3. The van der Waals surface area contributed by atoms with Crippen LogP contribution in [0, 0.1) is 11.6 Å². The van der Waals surface area contributed by atoms with E-state index in [0.717, 1.165) is 11.1 Å². The zero-order chi connectivity index (χ0) is 22.8. The van der Waals surface area contributed by atoms with Gasteiger partial charge in [0.1, 0.15) is 17.5 Å². The van der Waals surface area contributed by atoms with Gasteiger partial charge in [0.2, 0.25) is 0 Å². The monoisotopic (exact) mass is 438 g/mol. The van der Waals surface area contributed by atoms with Crippen LogP contribution < -0.4 is 5.32 Å². The van der Waals surface area contributed by atoms with E-state index in [-0.39, 0.29) is 11.6 Å². The third kappa shape index (κ3) is 7.55. The van der Waals surface area contributed by atoms with Gasteiger partial charge in [0.25, 0.3) is 0 Å². The fraction of sp³-hybridized carbons (Fsp3) is 0.208. The van der Waals surface area contributed by atoms with Crippen LogP contribution >= 0.6 is 0 Å². The summed E-state index contributed by atoms with van der Waals surface area (Å²) >= 11 is 0. The number of rotatable bonds is 10. The van der Waals surface area contributed by atoms with Crippen molar-refractivity contribution < 1.29 is 18.3 Å².